The van der Waals surface area contributed by atoms with Gasteiger partial charge in [-0.1, -0.05) is 201 Å². The molecule has 0 aliphatic heterocycles. The number of fused-ring (bicyclic) bond motifs is 3. The Morgan fingerprint density at radius 3 is 0.342 bits per heavy atom. The molecule has 6 rings (SSSR count). The minimum atomic E-state index is 1.31. The third-order valence-electron chi connectivity index (χ3n) is 4.98. The summed E-state index contributed by atoms with van der Waals surface area (Å²) in [4.78, 5) is 0. The monoisotopic (exact) mass is 504 g/mol. The van der Waals surface area contributed by atoms with Crippen LogP contribution in [0.1, 0.15) is 55.4 Å². The minimum absolute atomic E-state index is 1.31. The van der Waals surface area contributed by atoms with Crippen LogP contribution in [-0.2, 0) is 0 Å². The Morgan fingerprint density at radius 2 is 0.263 bits per heavy atom. The molecule has 0 fully saturated rings. The fourth-order valence-electron chi connectivity index (χ4n) is 3.40. The number of benzene rings is 6. The van der Waals surface area contributed by atoms with Crippen LogP contribution in [0, 0.1) is 0 Å². The van der Waals surface area contributed by atoms with Crippen LogP contribution < -0.4 is 0 Å². The second kappa shape index (κ2) is 23.5. The van der Waals surface area contributed by atoms with Crippen molar-refractivity contribution in [1.82, 2.24) is 0 Å². The zero-order valence-corrected chi connectivity index (χ0v) is 24.9. The Balaban J connectivity index is 0.000000477. The number of hydrogen-bond donors (Lipinski definition) is 0. The van der Waals surface area contributed by atoms with E-state index in [0.29, 0.717) is 0 Å². The topological polar surface area (TPSA) is 0 Å². The van der Waals surface area contributed by atoms with Crippen molar-refractivity contribution < 1.29 is 0 Å². The van der Waals surface area contributed by atoms with Gasteiger partial charge in [-0.15, -0.1) is 0 Å². The van der Waals surface area contributed by atoms with E-state index in [4.69, 9.17) is 0 Å². The van der Waals surface area contributed by atoms with Gasteiger partial charge in [-0.05, 0) is 32.3 Å². The zero-order chi connectivity index (χ0) is 28.4. The van der Waals surface area contributed by atoms with Crippen molar-refractivity contribution in [1.29, 1.82) is 0 Å². The summed E-state index contributed by atoms with van der Waals surface area (Å²) in [7, 11) is 0. The Kier molecular flexibility index (Phi) is 21.1. The van der Waals surface area contributed by atoms with Gasteiger partial charge in [0.25, 0.3) is 0 Å². The molecule has 0 unspecified atom stereocenters. The molecule has 0 bridgehead atoms. The Hall–Kier alpha value is -3.90. The molecule has 0 N–H and O–H groups in total. The van der Waals surface area contributed by atoms with E-state index in [1.54, 1.807) is 0 Å². The van der Waals surface area contributed by atoms with E-state index in [0.717, 1.165) is 0 Å². The third kappa shape index (κ3) is 12.4. The van der Waals surface area contributed by atoms with E-state index < -0.39 is 0 Å². The zero-order valence-electron chi connectivity index (χ0n) is 24.9. The van der Waals surface area contributed by atoms with Crippen molar-refractivity contribution in [2.75, 3.05) is 0 Å². The summed E-state index contributed by atoms with van der Waals surface area (Å²) in [5, 5.41) is 7.86. The molecule has 0 nitrogen and oxygen atoms in total. The summed E-state index contributed by atoms with van der Waals surface area (Å²) in [6.45, 7) is 16.0. The first-order valence-corrected chi connectivity index (χ1v) is 14.2. The smallest absolute Gasteiger partial charge is 0.0184 e. The summed E-state index contributed by atoms with van der Waals surface area (Å²) in [6, 6.07) is 50.1. The highest BCUT2D eigenvalue weighted by molar-refractivity contribution is 5.83. The Bertz CT molecular complexity index is 982. The molecule has 0 saturated carbocycles. The van der Waals surface area contributed by atoms with Gasteiger partial charge < -0.3 is 0 Å². The fourth-order valence-corrected chi connectivity index (χ4v) is 3.40. The van der Waals surface area contributed by atoms with Gasteiger partial charge in [0.1, 0.15) is 0 Å². The van der Waals surface area contributed by atoms with Gasteiger partial charge in [-0.2, -0.15) is 0 Å². The summed E-state index contributed by atoms with van der Waals surface area (Å²) in [6.07, 6.45) is 0. The average molecular weight is 505 g/mol. The van der Waals surface area contributed by atoms with E-state index in [1.165, 1.54) is 32.3 Å². The predicted molar refractivity (Wildman–Crippen MR) is 177 cm³/mol. The van der Waals surface area contributed by atoms with Gasteiger partial charge in [-0.25, -0.2) is 0 Å². The maximum atomic E-state index is 2.12. The fraction of sp³-hybridized carbons (Fsp3) is 0.211. The summed E-state index contributed by atoms with van der Waals surface area (Å²) in [5.74, 6) is 0. The molecule has 0 atom stereocenters. The Labute approximate surface area is 233 Å². The summed E-state index contributed by atoms with van der Waals surface area (Å²) in [5.41, 5.74) is 0. The molecular formula is C38H48. The van der Waals surface area contributed by atoms with Crippen molar-refractivity contribution >= 4 is 32.3 Å². The molecule has 0 aliphatic carbocycles. The van der Waals surface area contributed by atoms with E-state index in [9.17, 15) is 0 Å². The lowest BCUT2D eigenvalue weighted by molar-refractivity contribution is 1.50. The second-order valence-corrected chi connectivity index (χ2v) is 7.04. The highest BCUT2D eigenvalue weighted by Gasteiger charge is 1.86. The normalized spacial score (nSPS) is 8.53. The number of hydrogen-bond acceptors (Lipinski definition) is 0. The van der Waals surface area contributed by atoms with Crippen LogP contribution >= 0.6 is 0 Å². The molecule has 38 heavy (non-hydrogen) atoms. The highest BCUT2D eigenvalue weighted by Crippen LogP contribution is 2.12. The number of rotatable bonds is 0. The van der Waals surface area contributed by atoms with Crippen molar-refractivity contribution in [3.8, 4) is 0 Å². The van der Waals surface area contributed by atoms with Gasteiger partial charge in [0.15, 0.2) is 0 Å². The molecule has 0 spiro atoms. The molecule has 0 saturated heterocycles. The summed E-state index contributed by atoms with van der Waals surface area (Å²) >= 11 is 0. The first kappa shape index (κ1) is 34.1. The lowest BCUT2D eigenvalue weighted by atomic mass is 10.1. The molecule has 0 radical (unpaired) electrons. The highest BCUT2D eigenvalue weighted by atomic mass is 13.9. The lowest BCUT2D eigenvalue weighted by Gasteiger charge is -1.92. The first-order chi connectivity index (χ1) is 18.9. The molecular weight excluding hydrogens is 456 g/mol. The molecule has 0 amide bonds. The van der Waals surface area contributed by atoms with E-state index >= 15 is 0 Å². The van der Waals surface area contributed by atoms with E-state index in [-0.39, 0.29) is 0 Å². The van der Waals surface area contributed by atoms with Crippen LogP contribution in [0.5, 0.6) is 0 Å². The van der Waals surface area contributed by atoms with E-state index in [2.05, 4.69) is 146 Å². The molecule has 0 heteroatoms. The first-order valence-electron chi connectivity index (χ1n) is 14.2. The van der Waals surface area contributed by atoms with Crippen LogP contribution in [0.3, 0.4) is 0 Å². The van der Waals surface area contributed by atoms with Crippen LogP contribution in [0.2, 0.25) is 0 Å². The van der Waals surface area contributed by atoms with Crippen LogP contribution in [0.25, 0.3) is 32.3 Å². The summed E-state index contributed by atoms with van der Waals surface area (Å²) < 4.78 is 0. The van der Waals surface area contributed by atoms with Gasteiger partial charge in [0.05, 0.1) is 0 Å². The molecule has 0 heterocycles. The predicted octanol–water partition coefficient (Wildman–Crippen LogP) is 12.6. The van der Waals surface area contributed by atoms with Crippen LogP contribution in [0.4, 0.5) is 0 Å². The third-order valence-corrected chi connectivity index (χ3v) is 4.98. The van der Waals surface area contributed by atoms with Crippen molar-refractivity contribution in [3.63, 3.8) is 0 Å². The second-order valence-electron chi connectivity index (χ2n) is 7.04. The quantitative estimate of drug-likeness (QED) is 0.193. The molecule has 6 aromatic rings. The van der Waals surface area contributed by atoms with Gasteiger partial charge >= 0.3 is 0 Å². The molecule has 0 aromatic heterocycles. The van der Waals surface area contributed by atoms with E-state index in [1.807, 2.05) is 55.4 Å². The standard InChI is InChI=1S/3C10H8.4C2H6/c3*1-2-6-10-8-4-3-7-9(10)5-1;4*1-2/h3*1-8H;4*1-2H3. The SMILES string of the molecule is CC.CC.CC.CC.c1ccc2ccccc2c1.c1ccc2ccccc2c1.c1ccc2ccccc2c1. The maximum absolute atomic E-state index is 2.12. The largest absolute Gasteiger partial charge is 0.0683 e. The van der Waals surface area contributed by atoms with Gasteiger partial charge in [0.2, 0.25) is 0 Å². The van der Waals surface area contributed by atoms with Crippen molar-refractivity contribution in [2.45, 2.75) is 55.4 Å². The minimum Gasteiger partial charge on any atom is -0.0683 e. The van der Waals surface area contributed by atoms with Gasteiger partial charge in [-0.3, -0.25) is 0 Å². The molecule has 6 aromatic carbocycles. The van der Waals surface area contributed by atoms with Crippen molar-refractivity contribution in [2.24, 2.45) is 0 Å². The van der Waals surface area contributed by atoms with Gasteiger partial charge in [0, 0.05) is 0 Å². The molecule has 0 aliphatic rings. The van der Waals surface area contributed by atoms with Crippen LogP contribution in [0.15, 0.2) is 146 Å². The maximum Gasteiger partial charge on any atom is -0.0184 e. The molecule has 200 valence electrons. The van der Waals surface area contributed by atoms with Crippen molar-refractivity contribution in [3.05, 3.63) is 146 Å². The van der Waals surface area contributed by atoms with Crippen LogP contribution in [-0.4, -0.2) is 0 Å². The lowest BCUT2D eigenvalue weighted by Crippen LogP contribution is -1.67. The Morgan fingerprint density at radius 1 is 0.184 bits per heavy atom. The average Bonchev–Trinajstić information content (AvgIpc) is 3.06.